The van der Waals surface area contributed by atoms with Crippen molar-refractivity contribution in [1.29, 1.82) is 0 Å². The van der Waals surface area contributed by atoms with Gasteiger partial charge in [0.05, 0.1) is 10.6 Å². The molecule has 23 heavy (non-hydrogen) atoms. The van der Waals surface area contributed by atoms with Crippen molar-refractivity contribution in [2.24, 2.45) is 7.05 Å². The highest BCUT2D eigenvalue weighted by Crippen LogP contribution is 2.29. The van der Waals surface area contributed by atoms with Crippen LogP contribution in [0.1, 0.15) is 5.56 Å². The molecule has 0 radical (unpaired) electrons. The zero-order valence-electron chi connectivity index (χ0n) is 13.0. The summed E-state index contributed by atoms with van der Waals surface area (Å²) in [7, 11) is -1.61. The van der Waals surface area contributed by atoms with Crippen molar-refractivity contribution in [3.63, 3.8) is 0 Å². The number of hydrogen-bond acceptors (Lipinski definition) is 4. The predicted molar refractivity (Wildman–Crippen MR) is 90.9 cm³/mol. The Kier molecular flexibility index (Phi) is 3.77. The van der Waals surface area contributed by atoms with Gasteiger partial charge in [-0.05, 0) is 30.7 Å². The summed E-state index contributed by atoms with van der Waals surface area (Å²) < 4.78 is 26.8. The molecule has 0 unspecified atom stereocenters. The first kappa shape index (κ1) is 15.4. The Hall–Kier alpha value is -2.47. The van der Waals surface area contributed by atoms with Gasteiger partial charge in [-0.25, -0.2) is 18.4 Å². The van der Waals surface area contributed by atoms with Gasteiger partial charge in [0, 0.05) is 18.8 Å². The van der Waals surface area contributed by atoms with Crippen molar-refractivity contribution in [3.8, 4) is 11.4 Å². The van der Waals surface area contributed by atoms with Crippen LogP contribution in [0.25, 0.3) is 22.6 Å². The Morgan fingerprint density at radius 3 is 2.78 bits per heavy atom. The summed E-state index contributed by atoms with van der Waals surface area (Å²) in [5.74, 6) is 0.479. The van der Waals surface area contributed by atoms with Crippen LogP contribution < -0.4 is 0 Å². The number of aryl methyl sites for hydroxylation is 2. The topological polar surface area (TPSA) is 64.8 Å². The maximum absolute atomic E-state index is 12.5. The summed E-state index contributed by atoms with van der Waals surface area (Å²) in [5.41, 5.74) is 3.06. The van der Waals surface area contributed by atoms with Gasteiger partial charge in [0.1, 0.15) is 11.3 Å². The van der Waals surface area contributed by atoms with E-state index < -0.39 is 9.84 Å². The number of benzene rings is 1. The van der Waals surface area contributed by atoms with E-state index in [1.165, 1.54) is 6.08 Å². The molecule has 118 valence electrons. The SMILES string of the molecule is C=CCS(=O)(=O)c1ccccc1-c1nc2cc(C)cnc2n1C. The van der Waals surface area contributed by atoms with E-state index in [4.69, 9.17) is 0 Å². The van der Waals surface area contributed by atoms with Crippen LogP contribution in [0.5, 0.6) is 0 Å². The first-order valence-corrected chi connectivity index (χ1v) is 8.81. The van der Waals surface area contributed by atoms with Gasteiger partial charge >= 0.3 is 0 Å². The number of aromatic nitrogens is 3. The van der Waals surface area contributed by atoms with E-state index in [-0.39, 0.29) is 10.6 Å². The van der Waals surface area contributed by atoms with Gasteiger partial charge < -0.3 is 4.57 Å². The molecule has 0 amide bonds. The van der Waals surface area contributed by atoms with Crippen molar-refractivity contribution >= 4 is 21.0 Å². The van der Waals surface area contributed by atoms with Crippen molar-refractivity contribution in [2.45, 2.75) is 11.8 Å². The summed E-state index contributed by atoms with van der Waals surface area (Å²) in [5, 5.41) is 0. The van der Waals surface area contributed by atoms with E-state index in [9.17, 15) is 8.42 Å². The lowest BCUT2D eigenvalue weighted by atomic mass is 10.2. The van der Waals surface area contributed by atoms with Crippen LogP contribution in [0.3, 0.4) is 0 Å². The molecule has 0 atom stereocenters. The van der Waals surface area contributed by atoms with Gasteiger partial charge in [0.25, 0.3) is 0 Å². The molecule has 5 nitrogen and oxygen atoms in total. The minimum absolute atomic E-state index is 0.106. The van der Waals surface area contributed by atoms with E-state index in [0.29, 0.717) is 11.4 Å². The van der Waals surface area contributed by atoms with E-state index in [1.54, 1.807) is 30.5 Å². The monoisotopic (exact) mass is 327 g/mol. The fourth-order valence-electron chi connectivity index (χ4n) is 2.59. The zero-order chi connectivity index (χ0) is 16.6. The number of fused-ring (bicyclic) bond motifs is 1. The molecule has 0 spiro atoms. The summed E-state index contributed by atoms with van der Waals surface area (Å²) in [4.78, 5) is 9.24. The standard InChI is InChI=1S/C17H17N3O2S/c1-4-9-23(21,22)15-8-6-5-7-13(15)16-19-14-10-12(2)11-18-17(14)20(16)3/h4-8,10-11H,1,9H2,2-3H3. The van der Waals surface area contributed by atoms with Crippen LogP contribution in [0, 0.1) is 6.92 Å². The van der Waals surface area contributed by atoms with E-state index in [0.717, 1.165) is 16.7 Å². The molecule has 0 fully saturated rings. The minimum Gasteiger partial charge on any atom is -0.312 e. The van der Waals surface area contributed by atoms with Crippen LogP contribution in [-0.4, -0.2) is 28.7 Å². The van der Waals surface area contributed by atoms with Gasteiger partial charge in [-0.3, -0.25) is 0 Å². The summed E-state index contributed by atoms with van der Waals surface area (Å²) in [6.07, 6.45) is 3.17. The zero-order valence-corrected chi connectivity index (χ0v) is 13.8. The molecule has 0 aliphatic carbocycles. The highest BCUT2D eigenvalue weighted by atomic mass is 32.2. The molecule has 6 heteroatoms. The van der Waals surface area contributed by atoms with Crippen LogP contribution in [0.2, 0.25) is 0 Å². The number of pyridine rings is 1. The minimum atomic E-state index is -3.44. The molecule has 2 aromatic heterocycles. The maximum Gasteiger partial charge on any atom is 0.182 e. The molecule has 3 aromatic rings. The smallest absolute Gasteiger partial charge is 0.182 e. The first-order valence-electron chi connectivity index (χ1n) is 7.16. The van der Waals surface area contributed by atoms with Gasteiger partial charge in [-0.15, -0.1) is 6.58 Å². The van der Waals surface area contributed by atoms with Crippen LogP contribution in [0.4, 0.5) is 0 Å². The van der Waals surface area contributed by atoms with E-state index >= 15 is 0 Å². The van der Waals surface area contributed by atoms with Crippen LogP contribution in [-0.2, 0) is 16.9 Å². The molecular formula is C17H17N3O2S. The van der Waals surface area contributed by atoms with Gasteiger partial charge in [0.15, 0.2) is 15.5 Å². The Morgan fingerprint density at radius 1 is 1.30 bits per heavy atom. The Bertz CT molecular complexity index is 1000. The van der Waals surface area contributed by atoms with Crippen molar-refractivity contribution < 1.29 is 8.42 Å². The van der Waals surface area contributed by atoms with Crippen LogP contribution in [0.15, 0.2) is 54.1 Å². The Morgan fingerprint density at radius 2 is 2.04 bits per heavy atom. The lowest BCUT2D eigenvalue weighted by Crippen LogP contribution is -2.07. The first-order chi connectivity index (χ1) is 10.9. The highest BCUT2D eigenvalue weighted by Gasteiger charge is 2.21. The molecule has 0 aliphatic heterocycles. The molecule has 0 N–H and O–H groups in total. The summed E-state index contributed by atoms with van der Waals surface area (Å²) >= 11 is 0. The van der Waals surface area contributed by atoms with Gasteiger partial charge in [-0.2, -0.15) is 0 Å². The second-order valence-electron chi connectivity index (χ2n) is 5.42. The largest absolute Gasteiger partial charge is 0.312 e. The lowest BCUT2D eigenvalue weighted by molar-refractivity contribution is 0.599. The molecule has 1 aromatic carbocycles. The summed E-state index contributed by atoms with van der Waals surface area (Å²) in [6, 6.07) is 8.83. The average molecular weight is 327 g/mol. The Balaban J connectivity index is 2.28. The second kappa shape index (κ2) is 5.62. The average Bonchev–Trinajstić information content (AvgIpc) is 2.83. The van der Waals surface area contributed by atoms with Gasteiger partial charge in [0.2, 0.25) is 0 Å². The number of nitrogens with zero attached hydrogens (tertiary/aromatic N) is 3. The summed E-state index contributed by atoms with van der Waals surface area (Å²) in [6.45, 7) is 5.47. The van der Waals surface area contributed by atoms with Crippen LogP contribution >= 0.6 is 0 Å². The molecule has 0 saturated heterocycles. The normalized spacial score (nSPS) is 11.7. The fourth-order valence-corrected chi connectivity index (χ4v) is 3.86. The van der Waals surface area contributed by atoms with Crippen molar-refractivity contribution in [2.75, 3.05) is 5.75 Å². The maximum atomic E-state index is 12.5. The van der Waals surface area contributed by atoms with E-state index in [2.05, 4.69) is 16.5 Å². The molecular weight excluding hydrogens is 310 g/mol. The second-order valence-corrected chi connectivity index (χ2v) is 7.42. The molecule has 0 bridgehead atoms. The predicted octanol–water partition coefficient (Wildman–Crippen LogP) is 2.90. The third-order valence-electron chi connectivity index (χ3n) is 3.65. The number of imidazole rings is 1. The number of sulfone groups is 1. The third kappa shape index (κ3) is 2.66. The van der Waals surface area contributed by atoms with Gasteiger partial charge in [-0.1, -0.05) is 18.2 Å². The molecule has 2 heterocycles. The fraction of sp³-hybridized carbons (Fsp3) is 0.176. The van der Waals surface area contributed by atoms with Crippen molar-refractivity contribution in [3.05, 3.63) is 54.7 Å². The third-order valence-corrected chi connectivity index (χ3v) is 5.35. The molecule has 0 aliphatic rings. The number of rotatable bonds is 4. The van der Waals surface area contributed by atoms with E-state index in [1.807, 2.05) is 24.6 Å². The number of hydrogen-bond donors (Lipinski definition) is 0. The molecule has 3 rings (SSSR count). The lowest BCUT2D eigenvalue weighted by Gasteiger charge is -2.09. The van der Waals surface area contributed by atoms with Crippen molar-refractivity contribution in [1.82, 2.24) is 14.5 Å². The molecule has 0 saturated carbocycles. The quantitative estimate of drug-likeness (QED) is 0.691. The highest BCUT2D eigenvalue weighted by molar-refractivity contribution is 7.91. The Labute approximate surface area is 135 Å².